The van der Waals surface area contributed by atoms with Crippen LogP contribution in [-0.4, -0.2) is 46.2 Å². The van der Waals surface area contributed by atoms with Gasteiger partial charge in [-0.2, -0.15) is 0 Å². The van der Waals surface area contributed by atoms with Gasteiger partial charge in [-0.3, -0.25) is 4.79 Å². The van der Waals surface area contributed by atoms with E-state index in [9.17, 15) is 4.79 Å². The highest BCUT2D eigenvalue weighted by atomic mass is 16.7. The average Bonchev–Trinajstić information content (AvgIpc) is 2.27. The summed E-state index contributed by atoms with van der Waals surface area (Å²) >= 11 is 0. The summed E-state index contributed by atoms with van der Waals surface area (Å²) in [5, 5.41) is 2.72. The van der Waals surface area contributed by atoms with Crippen LogP contribution in [0.4, 0.5) is 0 Å². The Morgan fingerprint density at radius 3 is 2.27 bits per heavy atom. The number of nitrogens with one attached hydrogen (secondary N) is 1. The molecule has 0 heterocycles. The summed E-state index contributed by atoms with van der Waals surface area (Å²) < 4.78 is 14.9. The first kappa shape index (κ1) is 14.3. The lowest BCUT2D eigenvalue weighted by molar-refractivity contribution is -0.127. The molecule has 90 valence electrons. The second-order valence-electron chi connectivity index (χ2n) is 3.29. The molecule has 0 fully saturated rings. The maximum atomic E-state index is 11.3. The van der Waals surface area contributed by atoms with Gasteiger partial charge in [0.15, 0.2) is 6.29 Å². The SMILES string of the molecule is COC(C)CCC(=O)NCC(OC)OC. The zero-order valence-corrected chi connectivity index (χ0v) is 9.91. The highest BCUT2D eigenvalue weighted by Gasteiger charge is 2.09. The molecule has 5 heteroatoms. The Morgan fingerprint density at radius 1 is 1.20 bits per heavy atom. The highest BCUT2D eigenvalue weighted by Crippen LogP contribution is 1.99. The molecule has 0 aromatic carbocycles. The minimum absolute atomic E-state index is 0.0157. The van der Waals surface area contributed by atoms with E-state index in [1.807, 2.05) is 6.92 Å². The molecule has 0 radical (unpaired) electrons. The zero-order chi connectivity index (χ0) is 11.7. The van der Waals surface area contributed by atoms with Gasteiger partial charge in [0, 0.05) is 27.8 Å². The number of hydrogen-bond acceptors (Lipinski definition) is 4. The van der Waals surface area contributed by atoms with Crippen molar-refractivity contribution in [2.45, 2.75) is 32.2 Å². The fraction of sp³-hybridized carbons (Fsp3) is 0.900. The lowest BCUT2D eigenvalue weighted by Crippen LogP contribution is -2.34. The summed E-state index contributed by atoms with van der Waals surface area (Å²) in [6, 6.07) is 0. The second-order valence-corrected chi connectivity index (χ2v) is 3.29. The Kier molecular flexibility index (Phi) is 8.27. The van der Waals surface area contributed by atoms with Gasteiger partial charge in [-0.25, -0.2) is 0 Å². The molecular formula is C10H21NO4. The van der Waals surface area contributed by atoms with Crippen LogP contribution in [0.15, 0.2) is 0 Å². The van der Waals surface area contributed by atoms with Crippen LogP contribution < -0.4 is 5.32 Å². The number of amides is 1. The van der Waals surface area contributed by atoms with Crippen LogP contribution >= 0.6 is 0 Å². The molecule has 0 aliphatic carbocycles. The van der Waals surface area contributed by atoms with Crippen molar-refractivity contribution < 1.29 is 19.0 Å². The van der Waals surface area contributed by atoms with Crippen molar-refractivity contribution in [3.63, 3.8) is 0 Å². The van der Waals surface area contributed by atoms with E-state index in [-0.39, 0.29) is 18.3 Å². The van der Waals surface area contributed by atoms with Crippen LogP contribution in [0, 0.1) is 0 Å². The molecule has 0 bridgehead atoms. The van der Waals surface area contributed by atoms with Crippen LogP contribution in [0.2, 0.25) is 0 Å². The highest BCUT2D eigenvalue weighted by molar-refractivity contribution is 5.75. The quantitative estimate of drug-likeness (QED) is 0.605. The molecule has 0 aromatic heterocycles. The molecule has 1 N–H and O–H groups in total. The van der Waals surface area contributed by atoms with E-state index >= 15 is 0 Å². The molecule has 15 heavy (non-hydrogen) atoms. The van der Waals surface area contributed by atoms with Gasteiger partial charge >= 0.3 is 0 Å². The number of ether oxygens (including phenoxy) is 3. The monoisotopic (exact) mass is 219 g/mol. The molecule has 1 atom stereocenters. The second kappa shape index (κ2) is 8.64. The van der Waals surface area contributed by atoms with Gasteiger partial charge in [0.25, 0.3) is 0 Å². The van der Waals surface area contributed by atoms with Gasteiger partial charge in [-0.15, -0.1) is 0 Å². The molecular weight excluding hydrogens is 198 g/mol. The van der Waals surface area contributed by atoms with Gasteiger partial charge in [-0.05, 0) is 13.3 Å². The number of hydrogen-bond donors (Lipinski definition) is 1. The maximum Gasteiger partial charge on any atom is 0.220 e. The molecule has 1 amide bonds. The minimum Gasteiger partial charge on any atom is -0.382 e. The summed E-state index contributed by atoms with van der Waals surface area (Å²) in [6.45, 7) is 2.30. The molecule has 0 rings (SSSR count). The first-order valence-corrected chi connectivity index (χ1v) is 4.99. The maximum absolute atomic E-state index is 11.3. The Morgan fingerprint density at radius 2 is 1.80 bits per heavy atom. The van der Waals surface area contributed by atoms with Crippen LogP contribution in [0.5, 0.6) is 0 Å². The van der Waals surface area contributed by atoms with Crippen LogP contribution in [0.1, 0.15) is 19.8 Å². The van der Waals surface area contributed by atoms with E-state index in [2.05, 4.69) is 5.32 Å². The fourth-order valence-electron chi connectivity index (χ4n) is 1.00. The Bertz CT molecular complexity index is 171. The third kappa shape index (κ3) is 7.30. The van der Waals surface area contributed by atoms with Gasteiger partial charge < -0.3 is 19.5 Å². The third-order valence-electron chi connectivity index (χ3n) is 2.17. The summed E-state index contributed by atoms with van der Waals surface area (Å²) in [7, 11) is 4.70. The van der Waals surface area contributed by atoms with Gasteiger partial charge in [-0.1, -0.05) is 0 Å². The van der Waals surface area contributed by atoms with E-state index in [1.165, 1.54) is 14.2 Å². The summed E-state index contributed by atoms with van der Waals surface area (Å²) in [4.78, 5) is 11.3. The number of carbonyl (C=O) groups excluding carboxylic acids is 1. The molecule has 1 unspecified atom stereocenters. The van der Waals surface area contributed by atoms with E-state index in [0.717, 1.165) is 0 Å². The Balaban J connectivity index is 3.56. The van der Waals surface area contributed by atoms with Crippen molar-refractivity contribution >= 4 is 5.91 Å². The van der Waals surface area contributed by atoms with E-state index in [0.29, 0.717) is 19.4 Å². The van der Waals surface area contributed by atoms with Crippen molar-refractivity contribution in [3.05, 3.63) is 0 Å². The predicted octanol–water partition coefficient (Wildman–Crippen LogP) is 0.537. The Labute approximate surface area is 91.1 Å². The van der Waals surface area contributed by atoms with Crippen molar-refractivity contribution in [3.8, 4) is 0 Å². The van der Waals surface area contributed by atoms with Crippen LogP contribution in [0.3, 0.4) is 0 Å². The van der Waals surface area contributed by atoms with Crippen LogP contribution in [0.25, 0.3) is 0 Å². The van der Waals surface area contributed by atoms with Crippen molar-refractivity contribution in [1.29, 1.82) is 0 Å². The summed E-state index contributed by atoms with van der Waals surface area (Å²) in [6.07, 6.45) is 0.896. The molecule has 0 spiro atoms. The van der Waals surface area contributed by atoms with E-state index in [1.54, 1.807) is 7.11 Å². The van der Waals surface area contributed by atoms with Gasteiger partial charge in [0.2, 0.25) is 5.91 Å². The molecule has 5 nitrogen and oxygen atoms in total. The Hall–Kier alpha value is -0.650. The van der Waals surface area contributed by atoms with Crippen molar-refractivity contribution in [1.82, 2.24) is 5.32 Å². The lowest BCUT2D eigenvalue weighted by atomic mass is 10.2. The fourth-order valence-corrected chi connectivity index (χ4v) is 1.00. The molecule has 0 aliphatic rings. The number of methoxy groups -OCH3 is 3. The summed E-state index contributed by atoms with van der Waals surface area (Å²) in [5.41, 5.74) is 0. The van der Waals surface area contributed by atoms with Gasteiger partial charge in [0.1, 0.15) is 0 Å². The largest absolute Gasteiger partial charge is 0.382 e. The molecule has 0 aliphatic heterocycles. The first-order chi connectivity index (χ1) is 7.13. The van der Waals surface area contributed by atoms with Crippen LogP contribution in [-0.2, 0) is 19.0 Å². The molecule has 0 saturated carbocycles. The molecule has 0 aromatic rings. The van der Waals surface area contributed by atoms with E-state index in [4.69, 9.17) is 14.2 Å². The molecule has 0 saturated heterocycles. The first-order valence-electron chi connectivity index (χ1n) is 4.99. The van der Waals surface area contributed by atoms with Gasteiger partial charge in [0.05, 0.1) is 12.6 Å². The normalized spacial score (nSPS) is 12.9. The smallest absolute Gasteiger partial charge is 0.220 e. The summed E-state index contributed by atoms with van der Waals surface area (Å²) in [5.74, 6) is -0.0157. The zero-order valence-electron chi connectivity index (χ0n) is 9.91. The number of rotatable bonds is 8. The van der Waals surface area contributed by atoms with Crippen molar-refractivity contribution in [2.24, 2.45) is 0 Å². The number of carbonyl (C=O) groups is 1. The van der Waals surface area contributed by atoms with E-state index < -0.39 is 0 Å². The predicted molar refractivity (Wildman–Crippen MR) is 56.5 cm³/mol. The third-order valence-corrected chi connectivity index (χ3v) is 2.17. The standard InChI is InChI=1S/C10H21NO4/c1-8(13-2)5-6-9(12)11-7-10(14-3)15-4/h8,10H,5-7H2,1-4H3,(H,11,12). The minimum atomic E-state index is -0.381. The lowest BCUT2D eigenvalue weighted by Gasteiger charge is -2.14. The average molecular weight is 219 g/mol. The van der Waals surface area contributed by atoms with Crippen molar-refractivity contribution in [2.75, 3.05) is 27.9 Å². The topological polar surface area (TPSA) is 56.8 Å².